The molecule has 0 saturated carbocycles. The molecule has 0 fully saturated rings. The Balaban J connectivity index is 0.00000220. The molecule has 0 radical (unpaired) electrons. The van der Waals surface area contributed by atoms with Gasteiger partial charge in [0.25, 0.3) is 10.0 Å². The lowest BCUT2D eigenvalue weighted by Gasteiger charge is -2.03. The molecule has 0 aliphatic carbocycles. The molecule has 5 nitrogen and oxygen atoms in total. The third kappa shape index (κ3) is 5.01. The standard InChI is InChI=1S/C12H14BrN3O2S2.ClH/c1-14-6-7-15-20(17,18)11-8-19-12(16-11)9-2-4-10(13)5-3-9;/h2-5,8,14-15H,6-7H2,1H3;1H. The zero-order valence-electron chi connectivity index (χ0n) is 11.2. The van der Waals surface area contributed by atoms with Gasteiger partial charge >= 0.3 is 0 Å². The maximum absolute atomic E-state index is 12.0. The number of nitrogens with one attached hydrogen (secondary N) is 2. The summed E-state index contributed by atoms with van der Waals surface area (Å²) in [6.45, 7) is 0.910. The molecule has 9 heteroatoms. The Bertz CT molecular complexity index is 674. The van der Waals surface area contributed by atoms with Crippen LogP contribution in [0.3, 0.4) is 0 Å². The number of nitrogens with zero attached hydrogens (tertiary/aromatic N) is 1. The Labute approximate surface area is 142 Å². The fraction of sp³-hybridized carbons (Fsp3) is 0.250. The molecular weight excluding hydrogens is 398 g/mol. The highest BCUT2D eigenvalue weighted by Crippen LogP contribution is 2.26. The highest BCUT2D eigenvalue weighted by Gasteiger charge is 2.17. The van der Waals surface area contributed by atoms with Gasteiger partial charge in [-0.3, -0.25) is 0 Å². The van der Waals surface area contributed by atoms with Crippen LogP contribution in [0.5, 0.6) is 0 Å². The fourth-order valence-corrected chi connectivity index (χ4v) is 3.88. The molecule has 2 N–H and O–H groups in total. The van der Waals surface area contributed by atoms with E-state index in [9.17, 15) is 8.42 Å². The van der Waals surface area contributed by atoms with Crippen molar-refractivity contribution in [2.75, 3.05) is 20.1 Å². The summed E-state index contributed by atoms with van der Waals surface area (Å²) in [6.07, 6.45) is 0. The van der Waals surface area contributed by atoms with Crippen LogP contribution in [0.1, 0.15) is 0 Å². The molecule has 0 spiro atoms. The van der Waals surface area contributed by atoms with Gasteiger partial charge in [-0.25, -0.2) is 18.1 Å². The lowest BCUT2D eigenvalue weighted by atomic mass is 10.2. The van der Waals surface area contributed by atoms with E-state index in [4.69, 9.17) is 0 Å². The minimum atomic E-state index is -3.53. The molecule has 0 saturated heterocycles. The van der Waals surface area contributed by atoms with E-state index in [1.54, 1.807) is 12.4 Å². The number of benzene rings is 1. The van der Waals surface area contributed by atoms with Crippen molar-refractivity contribution >= 4 is 49.7 Å². The first-order chi connectivity index (χ1) is 9.53. The Kier molecular flexibility index (Phi) is 7.25. The smallest absolute Gasteiger partial charge is 0.258 e. The highest BCUT2D eigenvalue weighted by atomic mass is 79.9. The van der Waals surface area contributed by atoms with E-state index >= 15 is 0 Å². The number of hydrogen-bond acceptors (Lipinski definition) is 5. The first-order valence-electron chi connectivity index (χ1n) is 5.88. The maximum Gasteiger partial charge on any atom is 0.258 e. The Morgan fingerprint density at radius 1 is 1.24 bits per heavy atom. The average Bonchev–Trinajstić information content (AvgIpc) is 2.90. The molecule has 0 bridgehead atoms. The third-order valence-corrected chi connectivity index (χ3v) is 5.43. The third-order valence-electron chi connectivity index (χ3n) is 2.52. The lowest BCUT2D eigenvalue weighted by Crippen LogP contribution is -2.30. The van der Waals surface area contributed by atoms with Crippen LogP contribution in [0, 0.1) is 0 Å². The summed E-state index contributed by atoms with van der Waals surface area (Å²) in [5, 5.41) is 5.19. The van der Waals surface area contributed by atoms with Crippen molar-refractivity contribution < 1.29 is 8.42 Å². The van der Waals surface area contributed by atoms with Gasteiger partial charge in [-0.05, 0) is 19.2 Å². The minimum Gasteiger partial charge on any atom is -0.318 e. The van der Waals surface area contributed by atoms with E-state index in [1.165, 1.54) is 11.3 Å². The van der Waals surface area contributed by atoms with Gasteiger partial charge in [0.15, 0.2) is 5.03 Å². The zero-order valence-corrected chi connectivity index (χ0v) is 15.2. The van der Waals surface area contributed by atoms with E-state index in [1.807, 2.05) is 24.3 Å². The van der Waals surface area contributed by atoms with Crippen LogP contribution in [0.25, 0.3) is 10.6 Å². The molecule has 0 atom stereocenters. The first kappa shape index (κ1) is 18.5. The number of rotatable bonds is 6. The molecule has 0 unspecified atom stereocenters. The molecule has 1 heterocycles. The first-order valence-corrected chi connectivity index (χ1v) is 9.04. The second kappa shape index (κ2) is 8.21. The van der Waals surface area contributed by atoms with E-state index < -0.39 is 10.0 Å². The normalized spacial score (nSPS) is 11.1. The largest absolute Gasteiger partial charge is 0.318 e. The summed E-state index contributed by atoms with van der Waals surface area (Å²) in [7, 11) is -1.76. The molecule has 1 aromatic heterocycles. The molecular formula is C12H15BrClN3O2S2. The molecule has 1 aromatic carbocycles. The van der Waals surface area contributed by atoms with Gasteiger partial charge in [-0.1, -0.05) is 28.1 Å². The topological polar surface area (TPSA) is 71.1 Å². The summed E-state index contributed by atoms with van der Waals surface area (Å²) in [4.78, 5) is 4.19. The van der Waals surface area contributed by atoms with Crippen LogP contribution in [-0.2, 0) is 10.0 Å². The molecule has 116 valence electrons. The molecule has 0 amide bonds. The number of aromatic nitrogens is 1. The summed E-state index contributed by atoms with van der Waals surface area (Å²) >= 11 is 4.67. The molecule has 2 rings (SSSR count). The Morgan fingerprint density at radius 2 is 1.90 bits per heavy atom. The highest BCUT2D eigenvalue weighted by molar-refractivity contribution is 9.10. The SMILES string of the molecule is CNCCNS(=O)(=O)c1csc(-c2ccc(Br)cc2)n1.Cl. The molecule has 21 heavy (non-hydrogen) atoms. The van der Waals surface area contributed by atoms with Gasteiger partial charge in [0, 0.05) is 28.5 Å². The quantitative estimate of drug-likeness (QED) is 0.715. The van der Waals surface area contributed by atoms with Crippen LogP contribution in [-0.4, -0.2) is 33.5 Å². The molecule has 2 aromatic rings. The summed E-state index contributed by atoms with van der Waals surface area (Å²) in [5.41, 5.74) is 0.898. The Morgan fingerprint density at radius 3 is 2.52 bits per heavy atom. The minimum absolute atomic E-state index is 0. The van der Waals surface area contributed by atoms with Crippen LogP contribution in [0.2, 0.25) is 0 Å². The van der Waals surface area contributed by atoms with Crippen LogP contribution in [0.15, 0.2) is 39.1 Å². The van der Waals surface area contributed by atoms with Gasteiger partial charge in [0.2, 0.25) is 0 Å². The summed E-state index contributed by atoms with van der Waals surface area (Å²) < 4.78 is 27.5. The predicted octanol–water partition coefficient (Wildman–Crippen LogP) is 2.49. The number of likely N-dealkylation sites (N-methyl/N-ethyl adjacent to an activating group) is 1. The second-order valence-electron chi connectivity index (χ2n) is 4.00. The van der Waals surface area contributed by atoms with Crippen molar-refractivity contribution in [1.82, 2.24) is 15.0 Å². The molecule has 0 aliphatic heterocycles. The van der Waals surface area contributed by atoms with Gasteiger partial charge in [0.1, 0.15) is 5.01 Å². The lowest BCUT2D eigenvalue weighted by molar-refractivity contribution is 0.576. The van der Waals surface area contributed by atoms with Crippen LogP contribution in [0.4, 0.5) is 0 Å². The van der Waals surface area contributed by atoms with Crippen LogP contribution < -0.4 is 10.0 Å². The number of halogens is 2. The number of hydrogen-bond donors (Lipinski definition) is 2. The molecule has 0 aliphatic rings. The van der Waals surface area contributed by atoms with Crippen molar-refractivity contribution in [3.8, 4) is 10.6 Å². The van der Waals surface area contributed by atoms with Crippen molar-refractivity contribution in [2.24, 2.45) is 0 Å². The van der Waals surface area contributed by atoms with Crippen molar-refractivity contribution in [3.63, 3.8) is 0 Å². The van der Waals surface area contributed by atoms with E-state index in [0.29, 0.717) is 18.1 Å². The van der Waals surface area contributed by atoms with Gasteiger partial charge in [0.05, 0.1) is 0 Å². The van der Waals surface area contributed by atoms with E-state index in [2.05, 4.69) is 31.0 Å². The number of sulfonamides is 1. The van der Waals surface area contributed by atoms with Crippen molar-refractivity contribution in [3.05, 3.63) is 34.1 Å². The summed E-state index contributed by atoms with van der Waals surface area (Å²) in [5.74, 6) is 0. The zero-order chi connectivity index (χ0) is 14.6. The van der Waals surface area contributed by atoms with Gasteiger partial charge < -0.3 is 5.32 Å². The van der Waals surface area contributed by atoms with Crippen molar-refractivity contribution in [2.45, 2.75) is 5.03 Å². The fourth-order valence-electron chi connectivity index (χ4n) is 1.49. The van der Waals surface area contributed by atoms with Crippen molar-refractivity contribution in [1.29, 1.82) is 0 Å². The predicted molar refractivity (Wildman–Crippen MR) is 91.6 cm³/mol. The second-order valence-corrected chi connectivity index (χ2v) is 7.49. The number of thiazole rings is 1. The monoisotopic (exact) mass is 411 g/mol. The van der Waals surface area contributed by atoms with E-state index in [0.717, 1.165) is 10.0 Å². The maximum atomic E-state index is 12.0. The van der Waals surface area contributed by atoms with Crippen LogP contribution >= 0.6 is 39.7 Å². The van der Waals surface area contributed by atoms with Gasteiger partial charge in [-0.15, -0.1) is 23.7 Å². The van der Waals surface area contributed by atoms with Gasteiger partial charge in [-0.2, -0.15) is 0 Å². The van der Waals surface area contributed by atoms with E-state index in [-0.39, 0.29) is 17.4 Å². The Hall–Kier alpha value is -0.510. The average molecular weight is 413 g/mol. The summed E-state index contributed by atoms with van der Waals surface area (Å²) in [6, 6.07) is 7.59.